The Balaban J connectivity index is 2.55. The first-order valence-electron chi connectivity index (χ1n) is 7.33. The minimum absolute atomic E-state index is 0.0150. The zero-order valence-electron chi connectivity index (χ0n) is 12.4. The summed E-state index contributed by atoms with van der Waals surface area (Å²) < 4.78 is 4.77. The van der Waals surface area contributed by atoms with Gasteiger partial charge in [-0.05, 0) is 24.8 Å². The Labute approximate surface area is 121 Å². The van der Waals surface area contributed by atoms with Gasteiger partial charge in [0.15, 0.2) is 0 Å². The molecule has 1 aromatic rings. The van der Waals surface area contributed by atoms with Crippen molar-refractivity contribution >= 4 is 11.8 Å². The second-order valence-corrected chi connectivity index (χ2v) is 5.02. The molecule has 3 heteroatoms. The average molecular weight is 276 g/mol. The second-order valence-electron chi connectivity index (χ2n) is 5.02. The van der Waals surface area contributed by atoms with Crippen LogP contribution in [0.3, 0.4) is 0 Å². The van der Waals surface area contributed by atoms with Crippen LogP contribution in [-0.2, 0) is 20.7 Å². The summed E-state index contributed by atoms with van der Waals surface area (Å²) in [5, 5.41) is 0. The maximum absolute atomic E-state index is 12.1. The number of rotatable bonds is 9. The summed E-state index contributed by atoms with van der Waals surface area (Å²) >= 11 is 0. The average Bonchev–Trinajstić information content (AvgIpc) is 2.48. The van der Waals surface area contributed by atoms with Gasteiger partial charge in [0.1, 0.15) is 11.7 Å². The Bertz CT molecular complexity index is 412. The Morgan fingerprint density at radius 1 is 1.15 bits per heavy atom. The number of unbranched alkanes of at least 4 members (excludes halogenated alkanes) is 2. The molecule has 0 saturated heterocycles. The highest BCUT2D eigenvalue weighted by Crippen LogP contribution is 2.16. The molecule has 1 rings (SSSR count). The molecule has 0 N–H and O–H groups in total. The van der Waals surface area contributed by atoms with Crippen molar-refractivity contribution < 1.29 is 14.3 Å². The van der Waals surface area contributed by atoms with Gasteiger partial charge in [0, 0.05) is 6.42 Å². The van der Waals surface area contributed by atoms with Crippen LogP contribution in [0.15, 0.2) is 30.3 Å². The molecule has 0 saturated carbocycles. The molecule has 20 heavy (non-hydrogen) atoms. The summed E-state index contributed by atoms with van der Waals surface area (Å²) in [6.45, 7) is 2.09. The van der Waals surface area contributed by atoms with Crippen LogP contribution in [0.1, 0.15) is 44.6 Å². The number of Topliss-reactive ketones (excluding diaryl/α,β-unsaturated/α-hetero) is 1. The van der Waals surface area contributed by atoms with Crippen molar-refractivity contribution in [1.29, 1.82) is 0 Å². The monoisotopic (exact) mass is 276 g/mol. The molecule has 0 spiro atoms. The predicted octanol–water partition coefficient (Wildman–Crippen LogP) is 3.56. The van der Waals surface area contributed by atoms with E-state index in [0.717, 1.165) is 31.2 Å². The lowest BCUT2D eigenvalue weighted by atomic mass is 9.92. The van der Waals surface area contributed by atoms with Crippen molar-refractivity contribution in [3.63, 3.8) is 0 Å². The first kappa shape index (κ1) is 16.4. The first-order chi connectivity index (χ1) is 9.69. The normalized spacial score (nSPS) is 11.9. The number of methoxy groups -OCH3 is 1. The van der Waals surface area contributed by atoms with Gasteiger partial charge in [-0.1, -0.05) is 50.1 Å². The molecular formula is C17H24O3. The summed E-state index contributed by atoms with van der Waals surface area (Å²) in [4.78, 5) is 23.9. The van der Waals surface area contributed by atoms with Crippen molar-refractivity contribution in [2.75, 3.05) is 7.11 Å². The number of hydrogen-bond acceptors (Lipinski definition) is 3. The summed E-state index contributed by atoms with van der Waals surface area (Å²) in [7, 11) is 1.34. The van der Waals surface area contributed by atoms with Gasteiger partial charge in [-0.3, -0.25) is 9.59 Å². The summed E-state index contributed by atoms with van der Waals surface area (Å²) in [5.74, 6) is -0.999. The topological polar surface area (TPSA) is 43.4 Å². The van der Waals surface area contributed by atoms with Gasteiger partial charge < -0.3 is 4.74 Å². The van der Waals surface area contributed by atoms with Crippen molar-refractivity contribution in [1.82, 2.24) is 0 Å². The van der Waals surface area contributed by atoms with Crippen LogP contribution in [0.2, 0.25) is 0 Å². The molecule has 0 aliphatic heterocycles. The van der Waals surface area contributed by atoms with Gasteiger partial charge in [-0.2, -0.15) is 0 Å². The maximum Gasteiger partial charge on any atom is 0.316 e. The predicted molar refractivity (Wildman–Crippen MR) is 79.4 cm³/mol. The van der Waals surface area contributed by atoms with Crippen LogP contribution in [0.25, 0.3) is 0 Å². The molecule has 1 aromatic carbocycles. The zero-order chi connectivity index (χ0) is 14.8. The van der Waals surface area contributed by atoms with E-state index in [1.54, 1.807) is 0 Å². The Hall–Kier alpha value is -1.64. The highest BCUT2D eigenvalue weighted by atomic mass is 16.5. The highest BCUT2D eigenvalue weighted by molar-refractivity contribution is 5.98. The van der Waals surface area contributed by atoms with Gasteiger partial charge in [-0.15, -0.1) is 0 Å². The molecule has 110 valence electrons. The third-order valence-corrected chi connectivity index (χ3v) is 3.47. The molecular weight excluding hydrogens is 252 g/mol. The van der Waals surface area contributed by atoms with E-state index in [9.17, 15) is 9.59 Å². The number of esters is 1. The van der Waals surface area contributed by atoms with Crippen LogP contribution in [0.4, 0.5) is 0 Å². The van der Waals surface area contributed by atoms with Crippen molar-refractivity contribution in [2.45, 2.75) is 45.4 Å². The number of carbonyl (C=O) groups is 2. The lowest BCUT2D eigenvalue weighted by Crippen LogP contribution is -2.26. The molecule has 0 amide bonds. The van der Waals surface area contributed by atoms with E-state index >= 15 is 0 Å². The maximum atomic E-state index is 12.1. The molecule has 0 bridgehead atoms. The number of aryl methyl sites for hydroxylation is 1. The van der Waals surface area contributed by atoms with E-state index in [2.05, 4.69) is 6.92 Å². The van der Waals surface area contributed by atoms with E-state index in [-0.39, 0.29) is 5.78 Å². The first-order valence-corrected chi connectivity index (χ1v) is 7.33. The van der Waals surface area contributed by atoms with Crippen LogP contribution in [-0.4, -0.2) is 18.9 Å². The molecule has 0 fully saturated rings. The van der Waals surface area contributed by atoms with Crippen LogP contribution in [0, 0.1) is 5.92 Å². The molecule has 3 nitrogen and oxygen atoms in total. The van der Waals surface area contributed by atoms with E-state index in [0.29, 0.717) is 12.8 Å². The molecule has 0 aromatic heterocycles. The highest BCUT2D eigenvalue weighted by Gasteiger charge is 2.26. The lowest BCUT2D eigenvalue weighted by molar-refractivity contribution is -0.149. The molecule has 0 aliphatic rings. The largest absolute Gasteiger partial charge is 0.468 e. The number of hydrogen-bond donors (Lipinski definition) is 0. The standard InChI is InChI=1S/C17H24O3/c1-3-4-6-11-16(18)15(17(19)20-2)13-12-14-9-7-5-8-10-14/h5,7-10,15H,3-4,6,11-13H2,1-2H3. The fourth-order valence-corrected chi connectivity index (χ4v) is 2.23. The van der Waals surface area contributed by atoms with E-state index < -0.39 is 11.9 Å². The van der Waals surface area contributed by atoms with Gasteiger partial charge in [-0.25, -0.2) is 0 Å². The van der Waals surface area contributed by atoms with Crippen LogP contribution in [0.5, 0.6) is 0 Å². The van der Waals surface area contributed by atoms with E-state index in [1.807, 2.05) is 30.3 Å². The minimum Gasteiger partial charge on any atom is -0.468 e. The van der Waals surface area contributed by atoms with Crippen LogP contribution >= 0.6 is 0 Å². The number of ketones is 1. The number of ether oxygens (including phenoxy) is 1. The molecule has 0 radical (unpaired) electrons. The van der Waals surface area contributed by atoms with Gasteiger partial charge in [0.2, 0.25) is 0 Å². The third-order valence-electron chi connectivity index (χ3n) is 3.47. The fourth-order valence-electron chi connectivity index (χ4n) is 2.23. The Morgan fingerprint density at radius 2 is 1.85 bits per heavy atom. The number of benzene rings is 1. The van der Waals surface area contributed by atoms with E-state index in [4.69, 9.17) is 4.74 Å². The van der Waals surface area contributed by atoms with Crippen LogP contribution < -0.4 is 0 Å². The van der Waals surface area contributed by atoms with Crippen molar-refractivity contribution in [2.24, 2.45) is 5.92 Å². The summed E-state index contributed by atoms with van der Waals surface area (Å²) in [6, 6.07) is 9.90. The second kappa shape index (κ2) is 9.29. The van der Waals surface area contributed by atoms with Crippen molar-refractivity contribution in [3.05, 3.63) is 35.9 Å². The molecule has 1 atom stereocenters. The van der Waals surface area contributed by atoms with Crippen molar-refractivity contribution in [3.8, 4) is 0 Å². The zero-order valence-corrected chi connectivity index (χ0v) is 12.4. The third kappa shape index (κ3) is 5.55. The molecule has 0 heterocycles. The van der Waals surface area contributed by atoms with Gasteiger partial charge >= 0.3 is 5.97 Å². The summed E-state index contributed by atoms with van der Waals surface area (Å²) in [5.41, 5.74) is 1.14. The Morgan fingerprint density at radius 3 is 2.45 bits per heavy atom. The quantitative estimate of drug-likeness (QED) is 0.393. The lowest BCUT2D eigenvalue weighted by Gasteiger charge is -2.13. The van der Waals surface area contributed by atoms with E-state index in [1.165, 1.54) is 7.11 Å². The molecule has 1 unspecified atom stereocenters. The SMILES string of the molecule is CCCCCC(=O)C(CCc1ccccc1)C(=O)OC. The minimum atomic E-state index is -0.614. The molecule has 0 aliphatic carbocycles. The fraction of sp³-hybridized carbons (Fsp3) is 0.529. The smallest absolute Gasteiger partial charge is 0.316 e. The summed E-state index contributed by atoms with van der Waals surface area (Å²) in [6.07, 6.45) is 4.68. The Kier molecular flexibility index (Phi) is 7.63. The van der Waals surface area contributed by atoms with Gasteiger partial charge in [0.05, 0.1) is 7.11 Å². The van der Waals surface area contributed by atoms with Gasteiger partial charge in [0.25, 0.3) is 0 Å². The number of carbonyl (C=O) groups excluding carboxylic acids is 2.